The van der Waals surface area contributed by atoms with Gasteiger partial charge in [-0.2, -0.15) is 0 Å². The van der Waals surface area contributed by atoms with E-state index in [-0.39, 0.29) is 11.3 Å². The van der Waals surface area contributed by atoms with Crippen LogP contribution in [-0.2, 0) is 0 Å². The molecule has 1 saturated heterocycles. The fraction of sp³-hybridized carbons (Fsp3) is 0.316. The summed E-state index contributed by atoms with van der Waals surface area (Å²) < 4.78 is 10.9. The van der Waals surface area contributed by atoms with Crippen molar-refractivity contribution in [2.24, 2.45) is 0 Å². The molecule has 1 unspecified atom stereocenters. The molecule has 0 aliphatic carbocycles. The Morgan fingerprint density at radius 3 is 2.56 bits per heavy atom. The molecule has 1 fully saturated rings. The van der Waals surface area contributed by atoms with Gasteiger partial charge in [0.05, 0.1) is 14.2 Å². The number of carbonyl (C=O) groups excluding carboxylic acids is 1. The molecule has 1 aliphatic heterocycles. The second kappa shape index (κ2) is 8.06. The predicted octanol–water partition coefficient (Wildman–Crippen LogP) is 4.31. The molecule has 1 atom stereocenters. The van der Waals surface area contributed by atoms with E-state index in [1.54, 1.807) is 37.7 Å². The minimum absolute atomic E-state index is 0.0486. The SMILES string of the molecule is COc1ccc(OC)c(C2SCCN2C(=O)c2ccc(SC)cc2)c1. The molecule has 0 spiro atoms. The second-order valence-corrected chi connectivity index (χ2v) is 7.63. The largest absolute Gasteiger partial charge is 0.497 e. The molecule has 1 aliphatic rings. The van der Waals surface area contributed by atoms with E-state index in [2.05, 4.69) is 0 Å². The molecule has 1 amide bonds. The van der Waals surface area contributed by atoms with Gasteiger partial charge in [-0.1, -0.05) is 0 Å². The zero-order valence-electron chi connectivity index (χ0n) is 14.5. The van der Waals surface area contributed by atoms with Crippen LogP contribution in [0.4, 0.5) is 0 Å². The average molecular weight is 376 g/mol. The summed E-state index contributed by atoms with van der Waals surface area (Å²) in [5.41, 5.74) is 1.69. The first kappa shape index (κ1) is 18.0. The number of methoxy groups -OCH3 is 2. The summed E-state index contributed by atoms with van der Waals surface area (Å²) in [7, 11) is 3.29. The minimum atomic E-state index is -0.0715. The van der Waals surface area contributed by atoms with Crippen LogP contribution in [0, 0.1) is 0 Å². The molecule has 4 nitrogen and oxygen atoms in total. The minimum Gasteiger partial charge on any atom is -0.497 e. The van der Waals surface area contributed by atoms with E-state index in [0.717, 1.165) is 34.3 Å². The molecular weight excluding hydrogens is 354 g/mol. The van der Waals surface area contributed by atoms with Crippen molar-refractivity contribution in [1.82, 2.24) is 4.90 Å². The summed E-state index contributed by atoms with van der Waals surface area (Å²) in [5.74, 6) is 2.49. The first-order valence-electron chi connectivity index (χ1n) is 7.96. The third-order valence-corrected chi connectivity index (χ3v) is 6.18. The van der Waals surface area contributed by atoms with Crippen molar-refractivity contribution < 1.29 is 14.3 Å². The summed E-state index contributed by atoms with van der Waals surface area (Å²) in [6.07, 6.45) is 2.03. The van der Waals surface area contributed by atoms with Gasteiger partial charge in [0, 0.05) is 28.3 Å². The highest BCUT2D eigenvalue weighted by molar-refractivity contribution is 7.99. The number of nitrogens with zero attached hydrogens (tertiary/aromatic N) is 1. The molecule has 3 rings (SSSR count). The topological polar surface area (TPSA) is 38.8 Å². The van der Waals surface area contributed by atoms with Crippen LogP contribution in [-0.4, -0.2) is 43.6 Å². The smallest absolute Gasteiger partial charge is 0.255 e. The number of carbonyl (C=O) groups is 1. The molecule has 0 saturated carbocycles. The van der Waals surface area contributed by atoms with Crippen molar-refractivity contribution in [2.45, 2.75) is 10.3 Å². The Morgan fingerprint density at radius 2 is 1.92 bits per heavy atom. The van der Waals surface area contributed by atoms with Crippen LogP contribution >= 0.6 is 23.5 Å². The maximum atomic E-state index is 13.0. The Labute approximate surface area is 156 Å². The van der Waals surface area contributed by atoms with Gasteiger partial charge >= 0.3 is 0 Å². The molecular formula is C19H21NO3S2. The highest BCUT2D eigenvalue weighted by Crippen LogP contribution is 2.43. The first-order valence-corrected chi connectivity index (χ1v) is 10.2. The van der Waals surface area contributed by atoms with Crippen LogP contribution in [0.25, 0.3) is 0 Å². The van der Waals surface area contributed by atoms with Gasteiger partial charge in [-0.3, -0.25) is 4.79 Å². The fourth-order valence-corrected chi connectivity index (χ4v) is 4.55. The Balaban J connectivity index is 1.90. The number of amides is 1. The molecule has 0 N–H and O–H groups in total. The van der Waals surface area contributed by atoms with Crippen LogP contribution in [0.2, 0.25) is 0 Å². The number of thioether (sulfide) groups is 2. The Hall–Kier alpha value is -1.79. The van der Waals surface area contributed by atoms with E-state index < -0.39 is 0 Å². The summed E-state index contributed by atoms with van der Waals surface area (Å²) in [4.78, 5) is 16.1. The van der Waals surface area contributed by atoms with Gasteiger partial charge in [0.2, 0.25) is 0 Å². The van der Waals surface area contributed by atoms with Crippen molar-refractivity contribution in [2.75, 3.05) is 32.8 Å². The van der Waals surface area contributed by atoms with E-state index in [0.29, 0.717) is 5.56 Å². The lowest BCUT2D eigenvalue weighted by Gasteiger charge is -2.26. The van der Waals surface area contributed by atoms with Crippen molar-refractivity contribution in [3.63, 3.8) is 0 Å². The zero-order chi connectivity index (χ0) is 17.8. The summed E-state index contributed by atoms with van der Waals surface area (Å²) >= 11 is 3.42. The fourth-order valence-electron chi connectivity index (χ4n) is 2.87. The van der Waals surface area contributed by atoms with Gasteiger partial charge in [0.1, 0.15) is 16.9 Å². The van der Waals surface area contributed by atoms with Crippen molar-refractivity contribution in [3.05, 3.63) is 53.6 Å². The predicted molar refractivity (Wildman–Crippen MR) is 104 cm³/mol. The maximum absolute atomic E-state index is 13.0. The number of rotatable bonds is 5. The van der Waals surface area contributed by atoms with E-state index in [1.165, 1.54) is 0 Å². The number of hydrogen-bond acceptors (Lipinski definition) is 5. The monoisotopic (exact) mass is 375 g/mol. The van der Waals surface area contributed by atoms with Crippen LogP contribution in [0.1, 0.15) is 21.3 Å². The summed E-state index contributed by atoms with van der Waals surface area (Å²) in [6.45, 7) is 0.721. The van der Waals surface area contributed by atoms with E-state index in [4.69, 9.17) is 9.47 Å². The lowest BCUT2D eigenvalue weighted by molar-refractivity contribution is 0.0759. The molecule has 2 aromatic rings. The van der Waals surface area contributed by atoms with Gasteiger partial charge in [0.25, 0.3) is 5.91 Å². The average Bonchev–Trinajstić information content (AvgIpc) is 3.16. The molecule has 0 bridgehead atoms. The van der Waals surface area contributed by atoms with Crippen LogP contribution < -0.4 is 9.47 Å². The molecule has 25 heavy (non-hydrogen) atoms. The van der Waals surface area contributed by atoms with E-state index in [9.17, 15) is 4.79 Å². The lowest BCUT2D eigenvalue weighted by atomic mass is 10.1. The van der Waals surface area contributed by atoms with Gasteiger partial charge in [-0.15, -0.1) is 23.5 Å². The highest BCUT2D eigenvalue weighted by atomic mass is 32.2. The Bertz CT molecular complexity index is 749. The molecule has 0 aromatic heterocycles. The molecule has 132 valence electrons. The van der Waals surface area contributed by atoms with E-state index in [1.807, 2.05) is 53.6 Å². The number of hydrogen-bond donors (Lipinski definition) is 0. The Kier molecular flexibility index (Phi) is 5.81. The molecule has 6 heteroatoms. The Morgan fingerprint density at radius 1 is 1.16 bits per heavy atom. The maximum Gasteiger partial charge on any atom is 0.255 e. The molecule has 1 heterocycles. The van der Waals surface area contributed by atoms with Gasteiger partial charge in [-0.05, 0) is 48.7 Å². The van der Waals surface area contributed by atoms with E-state index >= 15 is 0 Å². The van der Waals surface area contributed by atoms with Crippen LogP contribution in [0.5, 0.6) is 11.5 Å². The zero-order valence-corrected chi connectivity index (χ0v) is 16.2. The van der Waals surface area contributed by atoms with Crippen molar-refractivity contribution in [1.29, 1.82) is 0 Å². The molecule has 2 aromatic carbocycles. The van der Waals surface area contributed by atoms with Gasteiger partial charge in [-0.25, -0.2) is 0 Å². The van der Waals surface area contributed by atoms with Gasteiger partial charge in [0.15, 0.2) is 0 Å². The van der Waals surface area contributed by atoms with Crippen molar-refractivity contribution >= 4 is 29.4 Å². The summed E-state index contributed by atoms with van der Waals surface area (Å²) in [6, 6.07) is 13.5. The van der Waals surface area contributed by atoms with Crippen LogP contribution in [0.15, 0.2) is 47.4 Å². The third-order valence-electron chi connectivity index (χ3n) is 4.19. The summed E-state index contributed by atoms with van der Waals surface area (Å²) in [5, 5.41) is -0.0715. The number of ether oxygens (including phenoxy) is 2. The van der Waals surface area contributed by atoms with Crippen molar-refractivity contribution in [3.8, 4) is 11.5 Å². The third kappa shape index (κ3) is 3.75. The number of benzene rings is 2. The lowest BCUT2D eigenvalue weighted by Crippen LogP contribution is -2.30. The molecule has 0 radical (unpaired) electrons. The standard InChI is InChI=1S/C19H21NO3S2/c1-22-14-6-9-17(23-2)16(12-14)19-20(10-11-25-19)18(21)13-4-7-15(24-3)8-5-13/h4-9,12,19H,10-11H2,1-3H3. The quantitative estimate of drug-likeness (QED) is 0.728. The second-order valence-electron chi connectivity index (χ2n) is 5.56. The highest BCUT2D eigenvalue weighted by Gasteiger charge is 2.33. The van der Waals surface area contributed by atoms with Gasteiger partial charge < -0.3 is 14.4 Å². The first-order chi connectivity index (χ1) is 12.2. The van der Waals surface area contributed by atoms with Crippen LogP contribution in [0.3, 0.4) is 0 Å². The normalized spacial score (nSPS) is 16.8.